The minimum absolute atomic E-state index is 0.0318. The van der Waals surface area contributed by atoms with E-state index >= 15 is 0 Å². The SMILES string of the molecule is CC(C)N(C)CCn1cc(-c2ccc(F)c(C(F)(F)F)c2)nc1C1CCN(C(=O)OC(C)(C)C)CC1. The zero-order chi connectivity index (χ0) is 26.8. The number of benzene rings is 1. The summed E-state index contributed by atoms with van der Waals surface area (Å²) >= 11 is 0. The van der Waals surface area contributed by atoms with Gasteiger partial charge in [0.15, 0.2) is 0 Å². The van der Waals surface area contributed by atoms with Crippen molar-refractivity contribution in [2.45, 2.75) is 77.7 Å². The van der Waals surface area contributed by atoms with E-state index in [2.05, 4.69) is 18.7 Å². The van der Waals surface area contributed by atoms with Crippen molar-refractivity contribution < 1.29 is 27.1 Å². The van der Waals surface area contributed by atoms with Crippen LogP contribution >= 0.6 is 0 Å². The standard InChI is InChI=1S/C26H36F4N4O2/c1-17(2)32(6)13-14-34-16-22(19-7-8-21(27)20(15-19)26(28,29)30)31-23(34)18-9-11-33(12-10-18)24(35)36-25(3,4)5/h7-8,15-18H,9-14H2,1-6H3. The molecule has 1 amide bonds. The molecule has 0 spiro atoms. The number of ether oxygens (including phenoxy) is 1. The lowest BCUT2D eigenvalue weighted by atomic mass is 9.96. The Kier molecular flexibility index (Phi) is 8.37. The number of aromatic nitrogens is 2. The Morgan fingerprint density at radius 2 is 1.83 bits per heavy atom. The van der Waals surface area contributed by atoms with E-state index in [-0.39, 0.29) is 17.6 Å². The number of likely N-dealkylation sites (tertiary alicyclic amines) is 1. The third-order valence-electron chi connectivity index (χ3n) is 6.46. The van der Waals surface area contributed by atoms with Crippen LogP contribution < -0.4 is 0 Å². The quantitative estimate of drug-likeness (QED) is 0.435. The average molecular weight is 513 g/mol. The minimum Gasteiger partial charge on any atom is -0.444 e. The smallest absolute Gasteiger partial charge is 0.419 e. The normalized spacial score (nSPS) is 15.7. The van der Waals surface area contributed by atoms with Gasteiger partial charge in [0.1, 0.15) is 17.2 Å². The van der Waals surface area contributed by atoms with Crippen LogP contribution in [0.1, 0.15) is 64.8 Å². The van der Waals surface area contributed by atoms with Gasteiger partial charge in [-0.3, -0.25) is 0 Å². The van der Waals surface area contributed by atoms with Crippen LogP contribution in [0.25, 0.3) is 11.3 Å². The molecule has 0 aliphatic carbocycles. The number of likely N-dealkylation sites (N-methyl/N-ethyl adjacent to an activating group) is 1. The number of nitrogens with zero attached hydrogens (tertiary/aromatic N) is 4. The summed E-state index contributed by atoms with van der Waals surface area (Å²) in [6.45, 7) is 12.0. The number of rotatable bonds is 6. The van der Waals surface area contributed by atoms with E-state index in [4.69, 9.17) is 9.72 Å². The van der Waals surface area contributed by atoms with Crippen molar-refractivity contribution in [3.63, 3.8) is 0 Å². The summed E-state index contributed by atoms with van der Waals surface area (Å²) in [6, 6.07) is 3.31. The monoisotopic (exact) mass is 512 g/mol. The van der Waals surface area contributed by atoms with Gasteiger partial charge < -0.3 is 19.1 Å². The van der Waals surface area contributed by atoms with Gasteiger partial charge in [-0.2, -0.15) is 13.2 Å². The first-order chi connectivity index (χ1) is 16.7. The lowest BCUT2D eigenvalue weighted by Crippen LogP contribution is -2.41. The molecule has 1 aromatic heterocycles. The maximum atomic E-state index is 13.9. The van der Waals surface area contributed by atoms with E-state index in [0.29, 0.717) is 44.2 Å². The highest BCUT2D eigenvalue weighted by Gasteiger charge is 2.35. The maximum absolute atomic E-state index is 13.9. The van der Waals surface area contributed by atoms with Gasteiger partial charge in [0.25, 0.3) is 0 Å². The molecule has 1 fully saturated rings. The third-order valence-corrected chi connectivity index (χ3v) is 6.46. The summed E-state index contributed by atoms with van der Waals surface area (Å²) in [7, 11) is 2.01. The predicted molar refractivity (Wildman–Crippen MR) is 130 cm³/mol. The van der Waals surface area contributed by atoms with Crippen LogP contribution in [0, 0.1) is 5.82 Å². The van der Waals surface area contributed by atoms with Gasteiger partial charge in [0.05, 0.1) is 11.3 Å². The Hall–Kier alpha value is -2.62. The number of amides is 1. The van der Waals surface area contributed by atoms with Crippen molar-refractivity contribution in [2.24, 2.45) is 0 Å². The van der Waals surface area contributed by atoms with Crippen LogP contribution in [0.3, 0.4) is 0 Å². The van der Waals surface area contributed by atoms with Crippen LogP contribution in [0.4, 0.5) is 22.4 Å². The van der Waals surface area contributed by atoms with Crippen molar-refractivity contribution >= 4 is 6.09 Å². The molecule has 1 aliphatic rings. The molecule has 0 atom stereocenters. The number of hydrogen-bond donors (Lipinski definition) is 0. The molecule has 0 N–H and O–H groups in total. The lowest BCUT2D eigenvalue weighted by Gasteiger charge is -2.33. The molecule has 2 aromatic rings. The molecule has 0 unspecified atom stereocenters. The number of alkyl halides is 3. The van der Waals surface area contributed by atoms with E-state index in [1.54, 1.807) is 11.1 Å². The molecule has 36 heavy (non-hydrogen) atoms. The predicted octanol–water partition coefficient (Wildman–Crippen LogP) is 6.16. The van der Waals surface area contributed by atoms with Gasteiger partial charge in [0.2, 0.25) is 0 Å². The molecule has 1 saturated heterocycles. The van der Waals surface area contributed by atoms with E-state index in [9.17, 15) is 22.4 Å². The Morgan fingerprint density at radius 3 is 2.39 bits per heavy atom. The summed E-state index contributed by atoms with van der Waals surface area (Å²) < 4.78 is 61.2. The fraction of sp³-hybridized carbons (Fsp3) is 0.615. The summed E-state index contributed by atoms with van der Waals surface area (Å²) in [4.78, 5) is 21.0. The number of carbonyl (C=O) groups excluding carboxylic acids is 1. The summed E-state index contributed by atoms with van der Waals surface area (Å²) in [6.07, 6.45) is -2.08. The van der Waals surface area contributed by atoms with Crippen molar-refractivity contribution in [3.8, 4) is 11.3 Å². The summed E-state index contributed by atoms with van der Waals surface area (Å²) in [5, 5.41) is 0. The number of halogens is 4. The second-order valence-corrected chi connectivity index (χ2v) is 10.7. The highest BCUT2D eigenvalue weighted by Crippen LogP contribution is 2.35. The second kappa shape index (κ2) is 10.8. The first-order valence-electron chi connectivity index (χ1n) is 12.3. The van der Waals surface area contributed by atoms with Gasteiger partial charge in [-0.05, 0) is 72.7 Å². The first-order valence-corrected chi connectivity index (χ1v) is 12.3. The highest BCUT2D eigenvalue weighted by molar-refractivity contribution is 5.68. The Balaban J connectivity index is 1.86. The van der Waals surface area contributed by atoms with Crippen molar-refractivity contribution in [1.82, 2.24) is 19.4 Å². The molecule has 0 saturated carbocycles. The van der Waals surface area contributed by atoms with Gasteiger partial charge in [-0.1, -0.05) is 0 Å². The topological polar surface area (TPSA) is 50.6 Å². The summed E-state index contributed by atoms with van der Waals surface area (Å²) in [5.41, 5.74) is -1.29. The molecule has 0 bridgehead atoms. The van der Waals surface area contributed by atoms with Crippen molar-refractivity contribution in [2.75, 3.05) is 26.7 Å². The van der Waals surface area contributed by atoms with Crippen LogP contribution in [-0.2, 0) is 17.5 Å². The molecule has 1 aromatic carbocycles. The van der Waals surface area contributed by atoms with E-state index in [0.717, 1.165) is 24.5 Å². The van der Waals surface area contributed by atoms with E-state index < -0.39 is 23.2 Å². The van der Waals surface area contributed by atoms with Gasteiger partial charge >= 0.3 is 12.3 Å². The molecular formula is C26H36F4N4O2. The zero-order valence-corrected chi connectivity index (χ0v) is 21.8. The van der Waals surface area contributed by atoms with Crippen LogP contribution in [-0.4, -0.2) is 63.8 Å². The van der Waals surface area contributed by atoms with Crippen molar-refractivity contribution in [3.05, 3.63) is 41.6 Å². The largest absolute Gasteiger partial charge is 0.444 e. The highest BCUT2D eigenvalue weighted by atomic mass is 19.4. The molecule has 200 valence electrons. The summed E-state index contributed by atoms with van der Waals surface area (Å²) in [5.74, 6) is -0.507. The van der Waals surface area contributed by atoms with E-state index in [1.807, 2.05) is 32.4 Å². The molecule has 3 rings (SSSR count). The van der Waals surface area contributed by atoms with Gasteiger partial charge in [-0.15, -0.1) is 0 Å². The molecule has 1 aliphatic heterocycles. The Bertz CT molecular complexity index is 1050. The fourth-order valence-corrected chi connectivity index (χ4v) is 4.15. The van der Waals surface area contributed by atoms with Crippen LogP contribution in [0.2, 0.25) is 0 Å². The molecule has 6 nitrogen and oxygen atoms in total. The molecular weight excluding hydrogens is 476 g/mol. The second-order valence-electron chi connectivity index (χ2n) is 10.7. The number of hydrogen-bond acceptors (Lipinski definition) is 4. The lowest BCUT2D eigenvalue weighted by molar-refractivity contribution is -0.139. The van der Waals surface area contributed by atoms with Gasteiger partial charge in [-0.25, -0.2) is 14.2 Å². The van der Waals surface area contributed by atoms with Crippen molar-refractivity contribution in [1.29, 1.82) is 0 Å². The Morgan fingerprint density at radius 1 is 1.19 bits per heavy atom. The molecule has 2 heterocycles. The van der Waals surface area contributed by atoms with E-state index in [1.165, 1.54) is 6.07 Å². The number of carbonyl (C=O) groups is 1. The Labute approximate surface area is 210 Å². The molecule has 0 radical (unpaired) electrons. The minimum atomic E-state index is -4.79. The van der Waals surface area contributed by atoms with Gasteiger partial charge in [0, 0.05) is 49.9 Å². The number of imidazole rings is 1. The van der Waals surface area contributed by atoms with Crippen LogP contribution in [0.5, 0.6) is 0 Å². The number of piperidine rings is 1. The molecule has 10 heteroatoms. The maximum Gasteiger partial charge on any atom is 0.419 e. The first kappa shape index (κ1) is 28.0. The fourth-order valence-electron chi connectivity index (χ4n) is 4.15. The third kappa shape index (κ3) is 6.99. The zero-order valence-electron chi connectivity index (χ0n) is 21.8. The average Bonchev–Trinajstić information content (AvgIpc) is 3.20. The van der Waals surface area contributed by atoms with Crippen LogP contribution in [0.15, 0.2) is 24.4 Å².